The third-order valence-electron chi connectivity index (χ3n) is 2.60. The summed E-state index contributed by atoms with van der Waals surface area (Å²) in [6.07, 6.45) is 0. The van der Waals surface area contributed by atoms with Crippen LogP contribution in [0.4, 0.5) is 0 Å². The van der Waals surface area contributed by atoms with Crippen molar-refractivity contribution in [2.75, 3.05) is 6.54 Å². The maximum Gasteiger partial charge on any atom is 0.244 e. The van der Waals surface area contributed by atoms with Crippen LogP contribution in [0.15, 0.2) is 32.0 Å². The lowest BCUT2D eigenvalue weighted by Gasteiger charge is -2.28. The number of halogens is 2. The van der Waals surface area contributed by atoms with Crippen molar-refractivity contribution in [2.24, 2.45) is 5.92 Å². The van der Waals surface area contributed by atoms with Crippen LogP contribution in [-0.2, 0) is 10.0 Å². The average Bonchev–Trinajstić information content (AvgIpc) is 2.24. The van der Waals surface area contributed by atoms with Crippen LogP contribution in [-0.4, -0.2) is 25.3 Å². The van der Waals surface area contributed by atoms with E-state index in [1.54, 1.807) is 22.5 Å². The molecule has 0 N–H and O–H groups in total. The first-order valence-corrected chi connectivity index (χ1v) is 9.15. The Labute approximate surface area is 132 Å². The SMILES string of the molecule is CC(C)CN(C(C)C)S(=O)(=O)c1ccc(Br)cc1Br. The fourth-order valence-corrected chi connectivity index (χ4v) is 5.27. The Morgan fingerprint density at radius 1 is 1.16 bits per heavy atom. The van der Waals surface area contributed by atoms with E-state index in [4.69, 9.17) is 0 Å². The Morgan fingerprint density at radius 3 is 2.16 bits per heavy atom. The second kappa shape index (κ2) is 6.70. The van der Waals surface area contributed by atoms with Gasteiger partial charge < -0.3 is 0 Å². The number of rotatable bonds is 5. The second-order valence-corrected chi connectivity index (χ2v) is 8.77. The molecule has 0 radical (unpaired) electrons. The van der Waals surface area contributed by atoms with Crippen molar-refractivity contribution in [3.63, 3.8) is 0 Å². The van der Waals surface area contributed by atoms with Crippen LogP contribution in [0.1, 0.15) is 27.7 Å². The second-order valence-electron chi connectivity index (χ2n) is 5.14. The van der Waals surface area contributed by atoms with Crippen LogP contribution in [0.2, 0.25) is 0 Å². The monoisotopic (exact) mass is 411 g/mol. The molecule has 3 nitrogen and oxygen atoms in total. The van der Waals surface area contributed by atoms with E-state index < -0.39 is 10.0 Å². The fraction of sp³-hybridized carbons (Fsp3) is 0.538. The minimum absolute atomic E-state index is 0.0667. The normalized spacial score (nSPS) is 12.7. The highest BCUT2D eigenvalue weighted by Gasteiger charge is 2.29. The van der Waals surface area contributed by atoms with Gasteiger partial charge in [-0.1, -0.05) is 29.8 Å². The van der Waals surface area contributed by atoms with Crippen LogP contribution < -0.4 is 0 Å². The standard InChI is InChI=1S/C13H19Br2NO2S/c1-9(2)8-16(10(3)4)19(17,18)13-6-5-11(14)7-12(13)15/h5-7,9-10H,8H2,1-4H3. The third kappa shape index (κ3) is 4.28. The molecule has 1 rings (SSSR count). The number of nitrogens with zero attached hydrogens (tertiary/aromatic N) is 1. The molecule has 0 unspecified atom stereocenters. The molecule has 0 spiro atoms. The summed E-state index contributed by atoms with van der Waals surface area (Å²) in [4.78, 5) is 0.310. The maximum atomic E-state index is 12.7. The van der Waals surface area contributed by atoms with Crippen LogP contribution >= 0.6 is 31.9 Å². The van der Waals surface area contributed by atoms with Crippen molar-refractivity contribution in [3.8, 4) is 0 Å². The number of benzene rings is 1. The largest absolute Gasteiger partial charge is 0.244 e. The van der Waals surface area contributed by atoms with E-state index >= 15 is 0 Å². The molecule has 0 fully saturated rings. The molecular formula is C13H19Br2NO2S. The molecule has 0 heterocycles. The van der Waals surface area contributed by atoms with Crippen molar-refractivity contribution in [3.05, 3.63) is 27.1 Å². The van der Waals surface area contributed by atoms with Gasteiger partial charge in [-0.25, -0.2) is 8.42 Å². The zero-order valence-electron chi connectivity index (χ0n) is 11.5. The van der Waals surface area contributed by atoms with Crippen LogP contribution in [0, 0.1) is 5.92 Å². The lowest BCUT2D eigenvalue weighted by Crippen LogP contribution is -2.39. The van der Waals surface area contributed by atoms with E-state index in [0.717, 1.165) is 4.47 Å². The van der Waals surface area contributed by atoms with Crippen LogP contribution in [0.25, 0.3) is 0 Å². The third-order valence-corrected chi connectivity index (χ3v) is 6.11. The van der Waals surface area contributed by atoms with Crippen LogP contribution in [0.3, 0.4) is 0 Å². The summed E-state index contributed by atoms with van der Waals surface area (Å²) in [5.41, 5.74) is 0. The molecule has 1 aromatic rings. The predicted octanol–water partition coefficient (Wildman–Crippen LogP) is 4.27. The van der Waals surface area contributed by atoms with Gasteiger partial charge in [0.25, 0.3) is 0 Å². The molecule has 0 aliphatic rings. The number of hydrogen-bond acceptors (Lipinski definition) is 2. The van der Waals surface area contributed by atoms with Gasteiger partial charge in [0.2, 0.25) is 10.0 Å². The molecule has 0 aromatic heterocycles. The van der Waals surface area contributed by atoms with Gasteiger partial charge in [0.15, 0.2) is 0 Å². The summed E-state index contributed by atoms with van der Waals surface area (Å²) in [7, 11) is -3.48. The summed E-state index contributed by atoms with van der Waals surface area (Å²) in [6.45, 7) is 8.34. The van der Waals surface area contributed by atoms with Crippen molar-refractivity contribution in [1.29, 1.82) is 0 Å². The van der Waals surface area contributed by atoms with Gasteiger partial charge in [-0.15, -0.1) is 0 Å². The summed E-state index contributed by atoms with van der Waals surface area (Å²) >= 11 is 6.66. The quantitative estimate of drug-likeness (QED) is 0.724. The average molecular weight is 413 g/mol. The Hall–Kier alpha value is 0.0900. The van der Waals surface area contributed by atoms with Gasteiger partial charge in [0.1, 0.15) is 0 Å². The van der Waals surface area contributed by atoms with Gasteiger partial charge in [0, 0.05) is 21.5 Å². The molecule has 0 bridgehead atoms. The number of hydrogen-bond donors (Lipinski definition) is 0. The summed E-state index contributed by atoms with van der Waals surface area (Å²) in [5, 5.41) is 0. The van der Waals surface area contributed by atoms with E-state index in [9.17, 15) is 8.42 Å². The Balaban J connectivity index is 3.27. The molecule has 0 saturated heterocycles. The van der Waals surface area contributed by atoms with E-state index in [0.29, 0.717) is 15.9 Å². The summed E-state index contributed by atoms with van der Waals surface area (Å²) < 4.78 is 28.4. The first-order valence-electron chi connectivity index (χ1n) is 6.13. The molecule has 0 aliphatic heterocycles. The highest BCUT2D eigenvalue weighted by atomic mass is 79.9. The van der Waals surface area contributed by atoms with Crippen molar-refractivity contribution < 1.29 is 8.42 Å². The highest BCUT2D eigenvalue weighted by molar-refractivity contribution is 9.11. The Kier molecular flexibility index (Phi) is 6.04. The lowest BCUT2D eigenvalue weighted by molar-refractivity contribution is 0.318. The zero-order chi connectivity index (χ0) is 14.8. The van der Waals surface area contributed by atoms with Crippen molar-refractivity contribution in [2.45, 2.75) is 38.6 Å². The minimum Gasteiger partial charge on any atom is -0.207 e. The smallest absolute Gasteiger partial charge is 0.207 e. The fourth-order valence-electron chi connectivity index (χ4n) is 1.76. The summed E-state index contributed by atoms with van der Waals surface area (Å²) in [5.74, 6) is 0.284. The van der Waals surface area contributed by atoms with Gasteiger partial charge in [-0.05, 0) is 53.9 Å². The van der Waals surface area contributed by atoms with Gasteiger partial charge in [0.05, 0.1) is 4.90 Å². The summed E-state index contributed by atoms with van der Waals surface area (Å²) in [6, 6.07) is 5.05. The zero-order valence-corrected chi connectivity index (χ0v) is 15.5. The molecular weight excluding hydrogens is 394 g/mol. The molecule has 0 saturated carbocycles. The van der Waals surface area contributed by atoms with Crippen molar-refractivity contribution >= 4 is 41.9 Å². The highest BCUT2D eigenvalue weighted by Crippen LogP contribution is 2.29. The maximum absolute atomic E-state index is 12.7. The molecule has 6 heteroatoms. The topological polar surface area (TPSA) is 37.4 Å². The molecule has 0 atom stereocenters. The first-order chi connectivity index (χ1) is 8.66. The molecule has 19 heavy (non-hydrogen) atoms. The minimum atomic E-state index is -3.48. The Bertz CT molecular complexity index is 542. The Morgan fingerprint density at radius 2 is 1.74 bits per heavy atom. The van der Waals surface area contributed by atoms with E-state index in [1.807, 2.05) is 27.7 Å². The van der Waals surface area contributed by atoms with Crippen LogP contribution in [0.5, 0.6) is 0 Å². The van der Waals surface area contributed by atoms with Crippen molar-refractivity contribution in [1.82, 2.24) is 4.31 Å². The molecule has 108 valence electrons. The molecule has 0 amide bonds. The first kappa shape index (κ1) is 17.1. The molecule has 1 aromatic carbocycles. The van der Waals surface area contributed by atoms with E-state index in [1.165, 1.54) is 0 Å². The van der Waals surface area contributed by atoms with Gasteiger partial charge in [-0.3, -0.25) is 0 Å². The van der Waals surface area contributed by atoms with Gasteiger partial charge in [-0.2, -0.15) is 4.31 Å². The van der Waals surface area contributed by atoms with E-state index in [-0.39, 0.29) is 12.0 Å². The van der Waals surface area contributed by atoms with E-state index in [2.05, 4.69) is 31.9 Å². The predicted molar refractivity (Wildman–Crippen MR) is 85.7 cm³/mol. The number of sulfonamides is 1. The van der Waals surface area contributed by atoms with Gasteiger partial charge >= 0.3 is 0 Å². The molecule has 0 aliphatic carbocycles. The lowest BCUT2D eigenvalue weighted by atomic mass is 10.2.